The van der Waals surface area contributed by atoms with Crippen molar-refractivity contribution < 1.29 is 0 Å². The molecule has 0 radical (unpaired) electrons. The summed E-state index contributed by atoms with van der Waals surface area (Å²) in [7, 11) is 0. The van der Waals surface area contributed by atoms with E-state index in [2.05, 4.69) is 15.5 Å². The molecule has 1 heterocycles. The molecule has 0 aromatic carbocycles. The van der Waals surface area contributed by atoms with Gasteiger partial charge in [0.25, 0.3) is 0 Å². The zero-order chi connectivity index (χ0) is 11.5. The molecule has 0 amide bonds. The lowest BCUT2D eigenvalue weighted by Gasteiger charge is -2.19. The summed E-state index contributed by atoms with van der Waals surface area (Å²) < 4.78 is 0. The van der Waals surface area contributed by atoms with Gasteiger partial charge in [0.15, 0.2) is 0 Å². The molecule has 1 aromatic heterocycles. The fourth-order valence-corrected chi connectivity index (χ4v) is 3.51. The predicted molar refractivity (Wildman–Crippen MR) is 70.0 cm³/mol. The Morgan fingerprint density at radius 2 is 1.76 bits per heavy atom. The molecule has 2 fully saturated rings. The van der Waals surface area contributed by atoms with Gasteiger partial charge in [-0.25, -0.2) is 0 Å². The second kappa shape index (κ2) is 5.44. The Hall–Kier alpha value is -0.480. The third-order valence-electron chi connectivity index (χ3n) is 3.82. The predicted octanol–water partition coefficient (Wildman–Crippen LogP) is 2.91. The molecule has 2 saturated carbocycles. The number of nitrogens with one attached hydrogen (secondary N) is 1. The van der Waals surface area contributed by atoms with Crippen LogP contribution in [0.3, 0.4) is 0 Å². The lowest BCUT2D eigenvalue weighted by Crippen LogP contribution is -2.14. The average molecular weight is 251 g/mol. The Kier molecular flexibility index (Phi) is 3.71. The minimum Gasteiger partial charge on any atom is -0.308 e. The van der Waals surface area contributed by atoms with Crippen LogP contribution < -0.4 is 5.32 Å². The van der Waals surface area contributed by atoms with Gasteiger partial charge in [0.2, 0.25) is 0 Å². The summed E-state index contributed by atoms with van der Waals surface area (Å²) in [5, 5.41) is 14.5. The van der Waals surface area contributed by atoms with Crippen molar-refractivity contribution in [2.45, 2.75) is 64.0 Å². The molecule has 1 N–H and O–H groups in total. The molecule has 0 unspecified atom stereocenters. The van der Waals surface area contributed by atoms with Crippen LogP contribution in [0.5, 0.6) is 0 Å². The van der Waals surface area contributed by atoms with Crippen molar-refractivity contribution in [2.75, 3.05) is 0 Å². The van der Waals surface area contributed by atoms with Gasteiger partial charge < -0.3 is 5.32 Å². The summed E-state index contributed by atoms with van der Waals surface area (Å²) in [6.45, 7) is 0.924. The summed E-state index contributed by atoms with van der Waals surface area (Å²) in [4.78, 5) is 0. The highest BCUT2D eigenvalue weighted by atomic mass is 32.1. The van der Waals surface area contributed by atoms with E-state index in [-0.39, 0.29) is 0 Å². The molecule has 0 saturated heterocycles. The van der Waals surface area contributed by atoms with Crippen LogP contribution >= 0.6 is 11.3 Å². The number of hydrogen-bond donors (Lipinski definition) is 1. The van der Waals surface area contributed by atoms with Crippen LogP contribution in [0.25, 0.3) is 0 Å². The van der Waals surface area contributed by atoms with Crippen molar-refractivity contribution in [3.05, 3.63) is 10.0 Å². The number of aromatic nitrogens is 2. The first-order valence-corrected chi connectivity index (χ1v) is 7.76. The topological polar surface area (TPSA) is 37.8 Å². The zero-order valence-electron chi connectivity index (χ0n) is 10.3. The second-order valence-corrected chi connectivity index (χ2v) is 6.60. The molecular weight excluding hydrogens is 230 g/mol. The Labute approximate surface area is 107 Å². The molecule has 3 rings (SSSR count). The summed E-state index contributed by atoms with van der Waals surface area (Å²) >= 11 is 1.81. The van der Waals surface area contributed by atoms with E-state index in [1.165, 1.54) is 61.4 Å². The van der Waals surface area contributed by atoms with Crippen LogP contribution in [-0.2, 0) is 13.0 Å². The van der Waals surface area contributed by atoms with Gasteiger partial charge in [0.1, 0.15) is 10.0 Å². The highest BCUT2D eigenvalue weighted by Crippen LogP contribution is 2.28. The van der Waals surface area contributed by atoms with Crippen molar-refractivity contribution in [1.29, 1.82) is 0 Å². The molecule has 0 spiro atoms. The SMILES string of the molecule is C1CCC(Cc2nnc(CNC3CC3)s2)CC1. The van der Waals surface area contributed by atoms with E-state index in [0.717, 1.165) is 18.5 Å². The van der Waals surface area contributed by atoms with Gasteiger partial charge in [0.05, 0.1) is 0 Å². The number of nitrogens with zero attached hydrogens (tertiary/aromatic N) is 2. The number of rotatable bonds is 5. The smallest absolute Gasteiger partial charge is 0.131 e. The van der Waals surface area contributed by atoms with E-state index in [0.29, 0.717) is 0 Å². The van der Waals surface area contributed by atoms with Gasteiger partial charge in [-0.2, -0.15) is 0 Å². The van der Waals surface area contributed by atoms with Gasteiger partial charge in [-0.3, -0.25) is 0 Å². The molecule has 3 nitrogen and oxygen atoms in total. The molecule has 0 atom stereocenters. The number of hydrogen-bond acceptors (Lipinski definition) is 4. The summed E-state index contributed by atoms with van der Waals surface area (Å²) in [5.74, 6) is 0.876. The van der Waals surface area contributed by atoms with Gasteiger partial charge >= 0.3 is 0 Å². The molecular formula is C13H21N3S. The van der Waals surface area contributed by atoms with E-state index < -0.39 is 0 Å². The van der Waals surface area contributed by atoms with Gasteiger partial charge in [-0.1, -0.05) is 32.1 Å². The Morgan fingerprint density at radius 1 is 1.00 bits per heavy atom. The van der Waals surface area contributed by atoms with Crippen LogP contribution in [-0.4, -0.2) is 16.2 Å². The molecule has 94 valence electrons. The maximum absolute atomic E-state index is 4.34. The first-order chi connectivity index (χ1) is 8.40. The van der Waals surface area contributed by atoms with Crippen molar-refractivity contribution in [3.8, 4) is 0 Å². The normalized spacial score (nSPS) is 21.9. The first-order valence-electron chi connectivity index (χ1n) is 6.95. The standard InChI is InChI=1S/C13H21N3S/c1-2-4-10(5-3-1)8-12-15-16-13(17-12)9-14-11-6-7-11/h10-11,14H,1-9H2. The minimum absolute atomic E-state index is 0.765. The molecule has 2 aliphatic rings. The van der Waals surface area contributed by atoms with Crippen molar-refractivity contribution >= 4 is 11.3 Å². The van der Waals surface area contributed by atoms with Crippen LogP contribution in [0.1, 0.15) is 55.0 Å². The first kappa shape index (κ1) is 11.6. The zero-order valence-corrected chi connectivity index (χ0v) is 11.1. The van der Waals surface area contributed by atoms with E-state index in [1.54, 1.807) is 0 Å². The quantitative estimate of drug-likeness (QED) is 0.874. The van der Waals surface area contributed by atoms with Gasteiger partial charge in [0, 0.05) is 19.0 Å². The van der Waals surface area contributed by atoms with E-state index >= 15 is 0 Å². The second-order valence-electron chi connectivity index (χ2n) is 5.45. The third kappa shape index (κ3) is 3.49. The molecule has 2 aliphatic carbocycles. The lowest BCUT2D eigenvalue weighted by atomic mass is 9.87. The third-order valence-corrected chi connectivity index (χ3v) is 4.76. The summed E-state index contributed by atoms with van der Waals surface area (Å²) in [6.07, 6.45) is 10.9. The van der Waals surface area contributed by atoms with Gasteiger partial charge in [-0.05, 0) is 18.8 Å². The molecule has 0 bridgehead atoms. The van der Waals surface area contributed by atoms with Crippen LogP contribution in [0.15, 0.2) is 0 Å². The fraction of sp³-hybridized carbons (Fsp3) is 0.846. The highest BCUT2D eigenvalue weighted by Gasteiger charge is 2.21. The average Bonchev–Trinajstić information content (AvgIpc) is 3.09. The Bertz CT molecular complexity index is 353. The van der Waals surface area contributed by atoms with Crippen LogP contribution in [0, 0.1) is 5.92 Å². The largest absolute Gasteiger partial charge is 0.308 e. The van der Waals surface area contributed by atoms with Crippen molar-refractivity contribution in [3.63, 3.8) is 0 Å². The fourth-order valence-electron chi connectivity index (χ4n) is 2.60. The summed E-state index contributed by atoms with van der Waals surface area (Å²) in [6, 6.07) is 0.765. The molecule has 4 heteroatoms. The molecule has 0 aliphatic heterocycles. The van der Waals surface area contributed by atoms with E-state index in [9.17, 15) is 0 Å². The Balaban J connectivity index is 1.48. The van der Waals surface area contributed by atoms with E-state index in [4.69, 9.17) is 0 Å². The summed E-state index contributed by atoms with van der Waals surface area (Å²) in [5.41, 5.74) is 0. The maximum Gasteiger partial charge on any atom is 0.131 e. The minimum atomic E-state index is 0.765. The molecule has 17 heavy (non-hydrogen) atoms. The van der Waals surface area contributed by atoms with Gasteiger partial charge in [-0.15, -0.1) is 21.5 Å². The highest BCUT2D eigenvalue weighted by molar-refractivity contribution is 7.11. The maximum atomic E-state index is 4.34. The van der Waals surface area contributed by atoms with Crippen LogP contribution in [0.4, 0.5) is 0 Å². The Morgan fingerprint density at radius 3 is 2.53 bits per heavy atom. The van der Waals surface area contributed by atoms with Crippen LogP contribution in [0.2, 0.25) is 0 Å². The molecule has 1 aromatic rings. The lowest BCUT2D eigenvalue weighted by molar-refractivity contribution is 0.356. The van der Waals surface area contributed by atoms with Crippen molar-refractivity contribution in [1.82, 2.24) is 15.5 Å². The monoisotopic (exact) mass is 251 g/mol. The van der Waals surface area contributed by atoms with Crippen molar-refractivity contribution in [2.24, 2.45) is 5.92 Å². The van der Waals surface area contributed by atoms with E-state index in [1.807, 2.05) is 11.3 Å².